The standard InChI is InChI=1S/C19H28N2O4/c22-11-10-21(14-16-4-2-1-3-5-16)15-18(23)20-17-6-8-19(9-7-17)24-12-13-25-19/h1-5,17,22H,6-15H2,(H,20,23). The quantitative estimate of drug-likeness (QED) is 0.777. The lowest BCUT2D eigenvalue weighted by Crippen LogP contribution is -2.47. The minimum atomic E-state index is -0.391. The fourth-order valence-corrected chi connectivity index (χ4v) is 3.66. The zero-order valence-corrected chi connectivity index (χ0v) is 14.7. The van der Waals surface area contributed by atoms with Crippen molar-refractivity contribution in [3.8, 4) is 0 Å². The average molecular weight is 348 g/mol. The van der Waals surface area contributed by atoms with Gasteiger partial charge >= 0.3 is 0 Å². The summed E-state index contributed by atoms with van der Waals surface area (Å²) in [5.41, 5.74) is 1.14. The van der Waals surface area contributed by atoms with E-state index in [9.17, 15) is 9.90 Å². The number of rotatable bonds is 7. The first-order valence-electron chi connectivity index (χ1n) is 9.13. The summed E-state index contributed by atoms with van der Waals surface area (Å²) in [6.45, 7) is 2.83. The maximum atomic E-state index is 12.4. The lowest BCUT2D eigenvalue weighted by atomic mass is 9.90. The van der Waals surface area contributed by atoms with Crippen molar-refractivity contribution in [2.75, 3.05) is 32.9 Å². The molecule has 6 heteroatoms. The van der Waals surface area contributed by atoms with E-state index in [-0.39, 0.29) is 18.6 Å². The fraction of sp³-hybridized carbons (Fsp3) is 0.632. The minimum absolute atomic E-state index is 0.0126. The number of carbonyl (C=O) groups is 1. The first kappa shape index (κ1) is 18.3. The molecular weight excluding hydrogens is 320 g/mol. The molecule has 0 aromatic heterocycles. The highest BCUT2D eigenvalue weighted by Crippen LogP contribution is 2.35. The zero-order chi connectivity index (χ0) is 17.5. The first-order valence-corrected chi connectivity index (χ1v) is 9.13. The van der Waals surface area contributed by atoms with Crippen LogP contribution in [0.25, 0.3) is 0 Å². The molecule has 0 atom stereocenters. The molecule has 3 rings (SSSR count). The third-order valence-electron chi connectivity index (χ3n) is 4.96. The van der Waals surface area contributed by atoms with Crippen molar-refractivity contribution in [2.45, 2.75) is 44.1 Å². The molecule has 2 aliphatic rings. The van der Waals surface area contributed by atoms with Gasteiger partial charge in [0.15, 0.2) is 5.79 Å². The van der Waals surface area contributed by atoms with Crippen LogP contribution in [0.3, 0.4) is 0 Å². The predicted molar refractivity (Wildman–Crippen MR) is 93.8 cm³/mol. The van der Waals surface area contributed by atoms with Gasteiger partial charge in [-0.25, -0.2) is 0 Å². The van der Waals surface area contributed by atoms with Crippen LogP contribution >= 0.6 is 0 Å². The summed E-state index contributed by atoms with van der Waals surface area (Å²) in [7, 11) is 0. The van der Waals surface area contributed by atoms with Gasteiger partial charge in [0.2, 0.25) is 5.91 Å². The number of hydrogen-bond acceptors (Lipinski definition) is 5. The average Bonchev–Trinajstić information content (AvgIpc) is 3.06. The van der Waals surface area contributed by atoms with Crippen LogP contribution in [0.4, 0.5) is 0 Å². The first-order chi connectivity index (χ1) is 12.2. The van der Waals surface area contributed by atoms with Crippen molar-refractivity contribution < 1.29 is 19.4 Å². The topological polar surface area (TPSA) is 71.0 Å². The Morgan fingerprint density at radius 1 is 1.20 bits per heavy atom. The van der Waals surface area contributed by atoms with Crippen LogP contribution in [0.1, 0.15) is 31.2 Å². The molecule has 1 aliphatic carbocycles. The third kappa shape index (κ3) is 5.25. The summed E-state index contributed by atoms with van der Waals surface area (Å²) >= 11 is 0. The van der Waals surface area contributed by atoms with E-state index in [0.717, 1.165) is 31.2 Å². The van der Waals surface area contributed by atoms with Gasteiger partial charge in [0.25, 0.3) is 0 Å². The molecule has 6 nitrogen and oxygen atoms in total. The Balaban J connectivity index is 1.45. The zero-order valence-electron chi connectivity index (χ0n) is 14.7. The fourth-order valence-electron chi connectivity index (χ4n) is 3.66. The second kappa shape index (κ2) is 8.76. The van der Waals surface area contributed by atoms with E-state index >= 15 is 0 Å². The number of benzene rings is 1. The molecule has 0 bridgehead atoms. The van der Waals surface area contributed by atoms with Gasteiger partial charge in [-0.2, -0.15) is 0 Å². The number of hydrogen-bond donors (Lipinski definition) is 2. The largest absolute Gasteiger partial charge is 0.395 e. The highest BCUT2D eigenvalue weighted by atomic mass is 16.7. The molecule has 1 saturated heterocycles. The van der Waals surface area contributed by atoms with E-state index in [4.69, 9.17) is 9.47 Å². The summed E-state index contributed by atoms with van der Waals surface area (Å²) in [4.78, 5) is 14.4. The Hall–Kier alpha value is -1.47. The summed E-state index contributed by atoms with van der Waals surface area (Å²) < 4.78 is 11.5. The number of aliphatic hydroxyl groups is 1. The van der Waals surface area contributed by atoms with Crippen LogP contribution in [0, 0.1) is 0 Å². The number of nitrogens with one attached hydrogen (secondary N) is 1. The number of ether oxygens (including phenoxy) is 2. The molecule has 0 unspecified atom stereocenters. The van der Waals surface area contributed by atoms with Crippen molar-refractivity contribution in [3.63, 3.8) is 0 Å². The molecule has 138 valence electrons. The Bertz CT molecular complexity index is 536. The van der Waals surface area contributed by atoms with Crippen LogP contribution < -0.4 is 5.32 Å². The molecule has 1 amide bonds. The smallest absolute Gasteiger partial charge is 0.234 e. The van der Waals surface area contributed by atoms with E-state index in [1.54, 1.807) is 0 Å². The van der Waals surface area contributed by atoms with E-state index in [1.807, 2.05) is 35.2 Å². The number of nitrogens with zero attached hydrogens (tertiary/aromatic N) is 1. The Morgan fingerprint density at radius 3 is 2.52 bits per heavy atom. The normalized spacial score (nSPS) is 20.2. The summed E-state index contributed by atoms with van der Waals surface area (Å²) in [6, 6.07) is 10.2. The summed E-state index contributed by atoms with van der Waals surface area (Å²) in [5.74, 6) is -0.379. The van der Waals surface area contributed by atoms with Crippen molar-refractivity contribution >= 4 is 5.91 Å². The number of aliphatic hydroxyl groups excluding tert-OH is 1. The van der Waals surface area contributed by atoms with Crippen LogP contribution in [0.5, 0.6) is 0 Å². The van der Waals surface area contributed by atoms with Crippen molar-refractivity contribution in [2.24, 2.45) is 0 Å². The van der Waals surface area contributed by atoms with E-state index < -0.39 is 5.79 Å². The molecule has 1 aromatic carbocycles. The van der Waals surface area contributed by atoms with Gasteiger partial charge in [-0.1, -0.05) is 30.3 Å². The maximum absolute atomic E-state index is 12.4. The van der Waals surface area contributed by atoms with Crippen LogP contribution in [0.2, 0.25) is 0 Å². The molecule has 2 fully saturated rings. The summed E-state index contributed by atoms with van der Waals surface area (Å²) in [6.07, 6.45) is 3.43. The van der Waals surface area contributed by atoms with E-state index in [1.165, 1.54) is 0 Å². The highest BCUT2D eigenvalue weighted by Gasteiger charge is 2.40. The molecule has 1 spiro atoms. The van der Waals surface area contributed by atoms with Gasteiger partial charge in [-0.05, 0) is 18.4 Å². The molecule has 0 radical (unpaired) electrons. The molecule has 1 aliphatic heterocycles. The maximum Gasteiger partial charge on any atom is 0.234 e. The van der Waals surface area contributed by atoms with Gasteiger partial charge < -0.3 is 19.9 Å². The Labute approximate surface area is 149 Å². The lowest BCUT2D eigenvalue weighted by molar-refractivity contribution is -0.180. The van der Waals surface area contributed by atoms with Gasteiger partial charge in [-0.3, -0.25) is 9.69 Å². The van der Waals surface area contributed by atoms with Gasteiger partial charge in [-0.15, -0.1) is 0 Å². The Morgan fingerprint density at radius 2 is 1.88 bits per heavy atom. The van der Waals surface area contributed by atoms with Gasteiger partial charge in [0, 0.05) is 32.0 Å². The highest BCUT2D eigenvalue weighted by molar-refractivity contribution is 5.78. The SMILES string of the molecule is O=C(CN(CCO)Cc1ccccc1)NC1CCC2(CC1)OCCO2. The third-order valence-corrected chi connectivity index (χ3v) is 4.96. The van der Waals surface area contributed by atoms with Gasteiger partial charge in [0.05, 0.1) is 26.4 Å². The second-order valence-electron chi connectivity index (χ2n) is 6.87. The minimum Gasteiger partial charge on any atom is -0.395 e. The molecule has 1 aromatic rings. The lowest BCUT2D eigenvalue weighted by Gasteiger charge is -2.35. The summed E-state index contributed by atoms with van der Waals surface area (Å²) in [5, 5.41) is 12.4. The van der Waals surface area contributed by atoms with Crippen LogP contribution in [-0.2, 0) is 20.8 Å². The predicted octanol–water partition coefficient (Wildman–Crippen LogP) is 1.28. The van der Waals surface area contributed by atoms with E-state index in [0.29, 0.717) is 32.8 Å². The van der Waals surface area contributed by atoms with E-state index in [2.05, 4.69) is 5.32 Å². The van der Waals surface area contributed by atoms with Crippen LogP contribution in [0.15, 0.2) is 30.3 Å². The number of amides is 1. The molecule has 1 saturated carbocycles. The van der Waals surface area contributed by atoms with Gasteiger partial charge in [0.1, 0.15) is 0 Å². The van der Waals surface area contributed by atoms with Crippen molar-refractivity contribution in [1.29, 1.82) is 0 Å². The molecule has 1 heterocycles. The van der Waals surface area contributed by atoms with Crippen molar-refractivity contribution in [1.82, 2.24) is 10.2 Å². The monoisotopic (exact) mass is 348 g/mol. The van der Waals surface area contributed by atoms with Crippen molar-refractivity contribution in [3.05, 3.63) is 35.9 Å². The number of carbonyl (C=O) groups excluding carboxylic acids is 1. The molecule has 25 heavy (non-hydrogen) atoms. The Kier molecular flexibility index (Phi) is 6.42. The second-order valence-corrected chi connectivity index (χ2v) is 6.87. The molecule has 2 N–H and O–H groups in total. The van der Waals surface area contributed by atoms with Crippen LogP contribution in [-0.4, -0.2) is 60.7 Å². The molecular formula is C19H28N2O4.